The van der Waals surface area contributed by atoms with Gasteiger partial charge < -0.3 is 14.6 Å². The number of amides is 1. The standard InChI is InChI=1S/C19H25NO5/c1-24-12-17-11-20(19(23)25-17)16-8-6-15(7-9-16)14-4-2-13(3-5-14)10-18(21)22/h6-9,13-14,17H,2-5,10-12H2,1H3,(H,21,22)/t13-,14-,17?. The van der Waals surface area contributed by atoms with E-state index in [1.807, 2.05) is 12.1 Å². The normalized spacial score (nSPS) is 26.5. The van der Waals surface area contributed by atoms with E-state index in [2.05, 4.69) is 12.1 Å². The lowest BCUT2D eigenvalue weighted by Crippen LogP contribution is -2.25. The summed E-state index contributed by atoms with van der Waals surface area (Å²) in [6.45, 7) is 0.909. The lowest BCUT2D eigenvalue weighted by molar-refractivity contribution is -0.138. The third kappa shape index (κ3) is 4.31. The Morgan fingerprint density at radius 1 is 1.24 bits per heavy atom. The maximum absolute atomic E-state index is 12.0. The van der Waals surface area contributed by atoms with Crippen LogP contribution in [0.1, 0.15) is 43.6 Å². The van der Waals surface area contributed by atoms with E-state index < -0.39 is 5.97 Å². The maximum Gasteiger partial charge on any atom is 0.414 e. The highest BCUT2D eigenvalue weighted by Gasteiger charge is 2.32. The minimum atomic E-state index is -0.697. The number of anilines is 1. The highest BCUT2D eigenvalue weighted by molar-refractivity contribution is 5.89. The summed E-state index contributed by atoms with van der Waals surface area (Å²) in [6, 6.07) is 8.09. The molecule has 1 aliphatic carbocycles. The van der Waals surface area contributed by atoms with Crippen LogP contribution in [0, 0.1) is 5.92 Å². The van der Waals surface area contributed by atoms with Gasteiger partial charge in [-0.25, -0.2) is 4.79 Å². The number of carboxylic acid groups (broad SMARTS) is 1. The summed E-state index contributed by atoms with van der Waals surface area (Å²) < 4.78 is 10.3. The van der Waals surface area contributed by atoms with Crippen molar-refractivity contribution in [3.05, 3.63) is 29.8 Å². The number of ether oxygens (including phenoxy) is 2. The Balaban J connectivity index is 1.58. The van der Waals surface area contributed by atoms with Crippen LogP contribution in [-0.4, -0.2) is 43.5 Å². The number of rotatable bonds is 6. The Bertz CT molecular complexity index is 607. The summed E-state index contributed by atoms with van der Waals surface area (Å²) in [5.41, 5.74) is 2.10. The van der Waals surface area contributed by atoms with Gasteiger partial charge in [-0.1, -0.05) is 12.1 Å². The number of carbonyl (C=O) groups is 2. The van der Waals surface area contributed by atoms with Gasteiger partial charge in [-0.3, -0.25) is 9.69 Å². The van der Waals surface area contributed by atoms with Crippen molar-refractivity contribution in [3.8, 4) is 0 Å². The SMILES string of the molecule is COCC1CN(c2ccc([C@H]3CC[C@H](CC(=O)O)CC3)cc2)C(=O)O1. The quantitative estimate of drug-likeness (QED) is 0.853. The van der Waals surface area contributed by atoms with E-state index in [1.54, 1.807) is 12.0 Å². The van der Waals surface area contributed by atoms with E-state index in [0.29, 0.717) is 25.0 Å². The van der Waals surface area contributed by atoms with Crippen molar-refractivity contribution in [2.75, 3.05) is 25.2 Å². The number of methoxy groups -OCH3 is 1. The number of hydrogen-bond acceptors (Lipinski definition) is 4. The smallest absolute Gasteiger partial charge is 0.414 e. The Hall–Kier alpha value is -2.08. The second-order valence-corrected chi connectivity index (χ2v) is 6.98. The molecule has 1 aromatic carbocycles. The molecule has 1 N–H and O–H groups in total. The number of carboxylic acids is 1. The number of benzene rings is 1. The molecule has 25 heavy (non-hydrogen) atoms. The first-order valence-corrected chi connectivity index (χ1v) is 8.85. The molecule has 1 unspecified atom stereocenters. The average Bonchev–Trinajstić information content (AvgIpc) is 2.96. The molecule has 1 atom stereocenters. The molecule has 2 aliphatic rings. The number of cyclic esters (lactones) is 1. The van der Waals surface area contributed by atoms with Crippen molar-refractivity contribution in [1.29, 1.82) is 0 Å². The van der Waals surface area contributed by atoms with E-state index in [1.165, 1.54) is 5.56 Å². The molecular formula is C19H25NO5. The minimum Gasteiger partial charge on any atom is -0.481 e. The largest absolute Gasteiger partial charge is 0.481 e. The monoisotopic (exact) mass is 347 g/mol. The first kappa shape index (κ1) is 17.7. The van der Waals surface area contributed by atoms with Crippen molar-refractivity contribution >= 4 is 17.7 Å². The van der Waals surface area contributed by atoms with Gasteiger partial charge in [0.2, 0.25) is 0 Å². The van der Waals surface area contributed by atoms with Crippen molar-refractivity contribution in [1.82, 2.24) is 0 Å². The molecule has 3 rings (SSSR count). The Labute approximate surface area is 147 Å². The molecule has 1 aromatic rings. The predicted molar refractivity (Wildman–Crippen MR) is 92.9 cm³/mol. The van der Waals surface area contributed by atoms with Crippen molar-refractivity contribution in [2.45, 2.75) is 44.1 Å². The predicted octanol–water partition coefficient (Wildman–Crippen LogP) is 3.41. The van der Waals surface area contributed by atoms with E-state index in [0.717, 1.165) is 31.4 Å². The van der Waals surface area contributed by atoms with Crippen molar-refractivity contribution < 1.29 is 24.2 Å². The van der Waals surface area contributed by atoms with Crippen LogP contribution in [0.25, 0.3) is 0 Å². The second-order valence-electron chi connectivity index (χ2n) is 6.98. The highest BCUT2D eigenvalue weighted by atomic mass is 16.6. The Morgan fingerprint density at radius 2 is 1.92 bits per heavy atom. The van der Waals surface area contributed by atoms with Gasteiger partial charge in [0, 0.05) is 19.2 Å². The number of hydrogen-bond donors (Lipinski definition) is 1. The molecule has 1 saturated carbocycles. The van der Waals surface area contributed by atoms with Crippen LogP contribution in [-0.2, 0) is 14.3 Å². The third-order valence-electron chi connectivity index (χ3n) is 5.21. The average molecular weight is 347 g/mol. The zero-order chi connectivity index (χ0) is 17.8. The summed E-state index contributed by atoms with van der Waals surface area (Å²) in [5.74, 6) is 0.0908. The Morgan fingerprint density at radius 3 is 2.52 bits per heavy atom. The van der Waals surface area contributed by atoms with Gasteiger partial charge in [-0.15, -0.1) is 0 Å². The molecule has 1 heterocycles. The third-order valence-corrected chi connectivity index (χ3v) is 5.21. The molecule has 1 aliphatic heterocycles. The number of carbonyl (C=O) groups excluding carboxylic acids is 1. The number of aliphatic carboxylic acids is 1. The highest BCUT2D eigenvalue weighted by Crippen LogP contribution is 2.37. The van der Waals surface area contributed by atoms with Crippen LogP contribution in [0.15, 0.2) is 24.3 Å². The van der Waals surface area contributed by atoms with E-state index in [-0.39, 0.29) is 18.6 Å². The Kier molecular flexibility index (Phi) is 5.58. The van der Waals surface area contributed by atoms with Gasteiger partial charge in [0.05, 0.1) is 13.2 Å². The van der Waals surface area contributed by atoms with Gasteiger partial charge in [0.1, 0.15) is 6.10 Å². The van der Waals surface area contributed by atoms with Crippen LogP contribution in [0.5, 0.6) is 0 Å². The molecule has 6 heteroatoms. The summed E-state index contributed by atoms with van der Waals surface area (Å²) >= 11 is 0. The van der Waals surface area contributed by atoms with Gasteiger partial charge in [0.15, 0.2) is 0 Å². The zero-order valence-electron chi connectivity index (χ0n) is 14.5. The molecule has 0 aromatic heterocycles. The van der Waals surface area contributed by atoms with Crippen molar-refractivity contribution in [3.63, 3.8) is 0 Å². The number of nitrogens with zero attached hydrogens (tertiary/aromatic N) is 1. The zero-order valence-corrected chi connectivity index (χ0v) is 14.5. The molecule has 1 amide bonds. The van der Waals surface area contributed by atoms with Gasteiger partial charge in [-0.05, 0) is 55.2 Å². The fourth-order valence-electron chi connectivity index (χ4n) is 3.88. The van der Waals surface area contributed by atoms with Crippen LogP contribution >= 0.6 is 0 Å². The fraction of sp³-hybridized carbons (Fsp3) is 0.579. The summed E-state index contributed by atoms with van der Waals surface area (Å²) in [7, 11) is 1.59. The minimum absolute atomic E-state index is 0.221. The molecule has 0 bridgehead atoms. The summed E-state index contributed by atoms with van der Waals surface area (Å²) in [6.07, 6.45) is 3.72. The molecule has 1 saturated heterocycles. The second kappa shape index (κ2) is 7.87. The van der Waals surface area contributed by atoms with E-state index in [4.69, 9.17) is 14.6 Å². The lowest BCUT2D eigenvalue weighted by Gasteiger charge is -2.28. The molecule has 0 radical (unpaired) electrons. The van der Waals surface area contributed by atoms with Crippen LogP contribution in [0.2, 0.25) is 0 Å². The van der Waals surface area contributed by atoms with E-state index >= 15 is 0 Å². The van der Waals surface area contributed by atoms with Gasteiger partial charge in [0.25, 0.3) is 0 Å². The molecule has 6 nitrogen and oxygen atoms in total. The summed E-state index contributed by atoms with van der Waals surface area (Å²) in [5, 5.41) is 8.91. The van der Waals surface area contributed by atoms with Crippen LogP contribution < -0.4 is 4.90 Å². The topological polar surface area (TPSA) is 76.1 Å². The fourth-order valence-corrected chi connectivity index (χ4v) is 3.88. The van der Waals surface area contributed by atoms with Crippen LogP contribution in [0.3, 0.4) is 0 Å². The molecule has 136 valence electrons. The molecule has 0 spiro atoms. The van der Waals surface area contributed by atoms with Gasteiger partial charge in [-0.2, -0.15) is 0 Å². The van der Waals surface area contributed by atoms with E-state index in [9.17, 15) is 9.59 Å². The first-order chi connectivity index (χ1) is 12.1. The maximum atomic E-state index is 12.0. The molecule has 2 fully saturated rings. The van der Waals surface area contributed by atoms with Crippen LogP contribution in [0.4, 0.5) is 10.5 Å². The first-order valence-electron chi connectivity index (χ1n) is 8.85. The molecular weight excluding hydrogens is 322 g/mol. The van der Waals surface area contributed by atoms with Gasteiger partial charge >= 0.3 is 12.1 Å². The summed E-state index contributed by atoms with van der Waals surface area (Å²) in [4.78, 5) is 24.4. The van der Waals surface area contributed by atoms with Crippen molar-refractivity contribution in [2.24, 2.45) is 5.92 Å². The lowest BCUT2D eigenvalue weighted by atomic mass is 9.77.